The second-order valence-corrected chi connectivity index (χ2v) is 5.68. The van der Waals surface area contributed by atoms with Crippen molar-refractivity contribution in [3.63, 3.8) is 0 Å². The lowest BCUT2D eigenvalue weighted by molar-refractivity contribution is -0.153. The molecule has 1 aliphatic carbocycles. The van der Waals surface area contributed by atoms with E-state index in [1.165, 1.54) is 0 Å². The molecular weight excluding hydrogens is 268 g/mol. The molecule has 4 nitrogen and oxygen atoms in total. The Balaban J connectivity index is 1.60. The van der Waals surface area contributed by atoms with Crippen LogP contribution in [0.1, 0.15) is 10.4 Å². The van der Waals surface area contributed by atoms with Crippen LogP contribution in [0.2, 0.25) is 5.02 Å². The molecule has 1 saturated carbocycles. The zero-order valence-corrected chi connectivity index (χ0v) is 10.7. The van der Waals surface area contributed by atoms with Crippen molar-refractivity contribution >= 4 is 23.2 Å². The second kappa shape index (κ2) is 3.88. The molecule has 0 unspecified atom stereocenters. The van der Waals surface area contributed by atoms with Gasteiger partial charge in [0.15, 0.2) is 11.6 Å². The van der Waals surface area contributed by atoms with Crippen LogP contribution in [0.3, 0.4) is 0 Å². The molecule has 2 aliphatic heterocycles. The van der Waals surface area contributed by atoms with Crippen LogP contribution in [0, 0.1) is 17.8 Å². The molecule has 2 bridgehead atoms. The summed E-state index contributed by atoms with van der Waals surface area (Å²) >= 11 is 5.81. The van der Waals surface area contributed by atoms with Gasteiger partial charge in [0.05, 0.1) is 12.7 Å². The molecule has 98 valence electrons. The van der Waals surface area contributed by atoms with Gasteiger partial charge in [0.1, 0.15) is 0 Å². The van der Waals surface area contributed by atoms with Gasteiger partial charge in [-0.2, -0.15) is 0 Å². The van der Waals surface area contributed by atoms with E-state index in [-0.39, 0.29) is 35.4 Å². The zero-order valence-electron chi connectivity index (χ0n) is 9.91. The third-order valence-electron chi connectivity index (χ3n) is 4.21. The Kier molecular flexibility index (Phi) is 2.37. The molecule has 0 radical (unpaired) electrons. The van der Waals surface area contributed by atoms with Gasteiger partial charge in [0.2, 0.25) is 6.29 Å². The number of Topliss-reactive ketones (excluding diaryl/α,β-unsaturated/α-hetero) is 2. The van der Waals surface area contributed by atoms with Crippen LogP contribution in [-0.4, -0.2) is 30.6 Å². The van der Waals surface area contributed by atoms with E-state index in [2.05, 4.69) is 0 Å². The molecule has 5 atom stereocenters. The summed E-state index contributed by atoms with van der Waals surface area (Å²) in [5.74, 6) is -0.529. The highest BCUT2D eigenvalue weighted by Gasteiger charge is 2.68. The van der Waals surface area contributed by atoms with E-state index in [9.17, 15) is 9.59 Å². The first-order valence-corrected chi connectivity index (χ1v) is 6.65. The molecule has 0 spiro atoms. The summed E-state index contributed by atoms with van der Waals surface area (Å²) in [5, 5.41) is 0.594. The van der Waals surface area contributed by atoms with Crippen molar-refractivity contribution in [1.82, 2.24) is 0 Å². The molecule has 2 heterocycles. The predicted molar refractivity (Wildman–Crippen MR) is 65.9 cm³/mol. The van der Waals surface area contributed by atoms with Crippen molar-refractivity contribution in [2.45, 2.75) is 12.4 Å². The third-order valence-corrected chi connectivity index (χ3v) is 4.46. The van der Waals surface area contributed by atoms with E-state index in [1.807, 2.05) is 0 Å². The van der Waals surface area contributed by atoms with E-state index in [1.54, 1.807) is 24.3 Å². The highest BCUT2D eigenvalue weighted by molar-refractivity contribution is 6.30. The van der Waals surface area contributed by atoms with Crippen LogP contribution < -0.4 is 0 Å². The zero-order chi connectivity index (χ0) is 13.1. The van der Waals surface area contributed by atoms with E-state index in [4.69, 9.17) is 21.1 Å². The fourth-order valence-corrected chi connectivity index (χ4v) is 3.36. The van der Waals surface area contributed by atoms with Crippen LogP contribution >= 0.6 is 11.6 Å². The summed E-state index contributed by atoms with van der Waals surface area (Å²) in [5.41, 5.74) is 0.605. The first-order valence-electron chi connectivity index (χ1n) is 6.27. The van der Waals surface area contributed by atoms with Crippen LogP contribution in [-0.2, 0) is 14.3 Å². The van der Waals surface area contributed by atoms with Gasteiger partial charge >= 0.3 is 0 Å². The van der Waals surface area contributed by atoms with Crippen LogP contribution in [0.25, 0.3) is 0 Å². The van der Waals surface area contributed by atoms with Crippen molar-refractivity contribution in [3.8, 4) is 0 Å². The number of benzene rings is 1. The van der Waals surface area contributed by atoms with Crippen LogP contribution in [0.15, 0.2) is 24.3 Å². The van der Waals surface area contributed by atoms with Gasteiger partial charge < -0.3 is 9.47 Å². The van der Waals surface area contributed by atoms with Gasteiger partial charge in [0, 0.05) is 28.3 Å². The largest absolute Gasteiger partial charge is 0.343 e. The average molecular weight is 279 g/mol. The van der Waals surface area contributed by atoms with Crippen molar-refractivity contribution < 1.29 is 19.1 Å². The summed E-state index contributed by atoms with van der Waals surface area (Å²) in [6.07, 6.45) is -0.844. The molecule has 1 aromatic carbocycles. The summed E-state index contributed by atoms with van der Waals surface area (Å²) in [4.78, 5) is 24.4. The lowest BCUT2D eigenvalue weighted by atomic mass is 10.0. The Morgan fingerprint density at radius 1 is 1.26 bits per heavy atom. The minimum absolute atomic E-state index is 0.00516. The Labute approximate surface area is 114 Å². The van der Waals surface area contributed by atoms with Crippen molar-refractivity contribution in [2.75, 3.05) is 6.61 Å². The van der Waals surface area contributed by atoms with Gasteiger partial charge in [-0.05, 0) is 24.3 Å². The SMILES string of the molecule is O=C1[C@@H]2OC[C@@H](O2)[C@@H]2[C@H]1[C@@H]2C(=O)c1ccc(Cl)cc1. The Morgan fingerprint density at radius 2 is 2.00 bits per heavy atom. The number of hydrogen-bond acceptors (Lipinski definition) is 4. The quantitative estimate of drug-likeness (QED) is 0.773. The minimum atomic E-state index is -0.741. The summed E-state index contributed by atoms with van der Waals surface area (Å²) in [6.45, 7) is 0.419. The van der Waals surface area contributed by atoms with Gasteiger partial charge in [-0.3, -0.25) is 9.59 Å². The van der Waals surface area contributed by atoms with E-state index in [0.29, 0.717) is 17.2 Å². The maximum Gasteiger partial charge on any atom is 0.218 e. The van der Waals surface area contributed by atoms with Gasteiger partial charge in [-0.25, -0.2) is 0 Å². The van der Waals surface area contributed by atoms with Gasteiger partial charge in [-0.1, -0.05) is 11.6 Å². The molecule has 0 amide bonds. The average Bonchev–Trinajstić information content (AvgIpc) is 3.02. The molecule has 19 heavy (non-hydrogen) atoms. The van der Waals surface area contributed by atoms with E-state index >= 15 is 0 Å². The first-order chi connectivity index (χ1) is 9.16. The standard InChI is InChI=1S/C14H11ClO4/c15-7-3-1-6(2-4-7)12(16)10-9-8-5-18-14(19-8)13(17)11(9)10/h1-4,8-11,14H,5H2/t8-,9+,10-,11+,14-/m1/s1. The van der Waals surface area contributed by atoms with Crippen LogP contribution in [0.5, 0.6) is 0 Å². The Hall–Kier alpha value is -1.23. The number of carbonyl (C=O) groups is 2. The fourth-order valence-electron chi connectivity index (χ4n) is 3.24. The number of fused-ring (bicyclic) bond motifs is 4. The molecule has 0 aromatic heterocycles. The number of hydrogen-bond donors (Lipinski definition) is 0. The molecule has 1 aromatic rings. The Bertz CT molecular complexity index is 567. The highest BCUT2D eigenvalue weighted by atomic mass is 35.5. The lowest BCUT2D eigenvalue weighted by Gasteiger charge is -2.14. The summed E-state index contributed by atoms with van der Waals surface area (Å²) in [6, 6.07) is 6.78. The lowest BCUT2D eigenvalue weighted by Crippen LogP contribution is -2.30. The van der Waals surface area contributed by atoms with Crippen LogP contribution in [0.4, 0.5) is 0 Å². The first kappa shape index (κ1) is 11.6. The molecule has 2 saturated heterocycles. The minimum Gasteiger partial charge on any atom is -0.343 e. The van der Waals surface area contributed by atoms with Gasteiger partial charge in [0.25, 0.3) is 0 Å². The smallest absolute Gasteiger partial charge is 0.218 e. The predicted octanol–water partition coefficient (Wildman–Crippen LogP) is 1.71. The number of rotatable bonds is 2. The monoisotopic (exact) mass is 278 g/mol. The maximum atomic E-state index is 12.4. The maximum absolute atomic E-state index is 12.4. The third kappa shape index (κ3) is 1.60. The molecule has 3 aliphatic rings. The van der Waals surface area contributed by atoms with Crippen molar-refractivity contribution in [1.29, 1.82) is 0 Å². The normalized spacial score (nSPS) is 39.0. The fraction of sp³-hybridized carbons (Fsp3) is 0.429. The Morgan fingerprint density at radius 3 is 2.74 bits per heavy atom. The topological polar surface area (TPSA) is 52.6 Å². The second-order valence-electron chi connectivity index (χ2n) is 5.24. The van der Waals surface area contributed by atoms with Crippen molar-refractivity contribution in [3.05, 3.63) is 34.9 Å². The molecular formula is C14H11ClO4. The highest BCUT2D eigenvalue weighted by Crippen LogP contribution is 2.57. The summed E-state index contributed by atoms with van der Waals surface area (Å²) < 4.78 is 10.7. The van der Waals surface area contributed by atoms with E-state index < -0.39 is 6.29 Å². The van der Waals surface area contributed by atoms with Gasteiger partial charge in [-0.15, -0.1) is 0 Å². The molecule has 0 N–H and O–H groups in total. The molecule has 5 heteroatoms. The number of carbonyl (C=O) groups excluding carboxylic acids is 2. The number of halogens is 1. The van der Waals surface area contributed by atoms with E-state index in [0.717, 1.165) is 0 Å². The summed E-state index contributed by atoms with van der Waals surface area (Å²) in [7, 11) is 0. The molecule has 4 rings (SSSR count). The van der Waals surface area contributed by atoms with Crippen molar-refractivity contribution in [2.24, 2.45) is 17.8 Å². The number of ether oxygens (including phenoxy) is 2. The molecule has 3 fully saturated rings. The number of ketones is 2.